The minimum absolute atomic E-state index is 0.136. The fourth-order valence-electron chi connectivity index (χ4n) is 2.07. The van der Waals surface area contributed by atoms with Crippen molar-refractivity contribution in [3.63, 3.8) is 0 Å². The average Bonchev–Trinajstić information content (AvgIpc) is 2.45. The van der Waals surface area contributed by atoms with Crippen molar-refractivity contribution >= 4 is 5.84 Å². The maximum absolute atomic E-state index is 5.82. The molecule has 0 aliphatic heterocycles. The molecule has 20 heavy (non-hydrogen) atoms. The van der Waals surface area contributed by atoms with Crippen LogP contribution in [0.4, 0.5) is 0 Å². The Morgan fingerprint density at radius 3 is 2.30 bits per heavy atom. The zero-order chi connectivity index (χ0) is 14.8. The summed E-state index contributed by atoms with van der Waals surface area (Å²) in [6, 6.07) is 10.4. The van der Waals surface area contributed by atoms with Gasteiger partial charge in [0, 0.05) is 18.0 Å². The fraction of sp³-hybridized carbons (Fsp3) is 0.250. The maximum Gasteiger partial charge on any atom is 0.152 e. The molecule has 0 saturated heterocycles. The summed E-state index contributed by atoms with van der Waals surface area (Å²) in [6.45, 7) is 6.58. The molecule has 104 valence electrons. The van der Waals surface area contributed by atoms with E-state index in [4.69, 9.17) is 11.6 Å². The molecule has 4 heteroatoms. The number of nitrogens with two attached hydrogens (primary N) is 2. The van der Waals surface area contributed by atoms with E-state index in [2.05, 4.69) is 55.1 Å². The molecule has 1 aromatic carbocycles. The lowest BCUT2D eigenvalue weighted by Gasteiger charge is -2.19. The first-order valence-corrected chi connectivity index (χ1v) is 6.52. The Kier molecular flexibility index (Phi) is 3.74. The minimum Gasteiger partial charge on any atom is -0.382 e. The summed E-state index contributed by atoms with van der Waals surface area (Å²) >= 11 is 0. The highest BCUT2D eigenvalue weighted by molar-refractivity contribution is 6.02. The van der Waals surface area contributed by atoms with Gasteiger partial charge < -0.3 is 11.6 Å². The third kappa shape index (κ3) is 2.79. The quantitative estimate of drug-likeness (QED) is 0.380. The lowest BCUT2D eigenvalue weighted by atomic mass is 9.86. The number of nitrogens with zero attached hydrogens (tertiary/aromatic N) is 2. The highest BCUT2D eigenvalue weighted by Gasteiger charge is 2.14. The molecule has 0 radical (unpaired) electrons. The summed E-state index contributed by atoms with van der Waals surface area (Å²) in [5, 5.41) is 3.56. The fourth-order valence-corrected chi connectivity index (χ4v) is 2.07. The number of hydrazone groups is 1. The van der Waals surface area contributed by atoms with Gasteiger partial charge in [0.1, 0.15) is 0 Å². The largest absolute Gasteiger partial charge is 0.382 e. The van der Waals surface area contributed by atoms with Crippen LogP contribution in [0.2, 0.25) is 0 Å². The minimum atomic E-state index is 0.136. The van der Waals surface area contributed by atoms with E-state index in [-0.39, 0.29) is 11.3 Å². The van der Waals surface area contributed by atoms with Crippen LogP contribution in [0.5, 0.6) is 0 Å². The Balaban J connectivity index is 2.48. The van der Waals surface area contributed by atoms with Gasteiger partial charge in [-0.2, -0.15) is 5.10 Å². The van der Waals surface area contributed by atoms with Crippen LogP contribution in [0, 0.1) is 0 Å². The van der Waals surface area contributed by atoms with Crippen molar-refractivity contribution in [2.24, 2.45) is 16.7 Å². The van der Waals surface area contributed by atoms with Gasteiger partial charge in [-0.25, -0.2) is 0 Å². The van der Waals surface area contributed by atoms with Crippen molar-refractivity contribution in [1.82, 2.24) is 4.98 Å². The van der Waals surface area contributed by atoms with Crippen LogP contribution < -0.4 is 11.6 Å². The molecule has 2 rings (SSSR count). The molecule has 2 aromatic rings. The van der Waals surface area contributed by atoms with Crippen molar-refractivity contribution in [1.29, 1.82) is 0 Å². The van der Waals surface area contributed by atoms with Crippen LogP contribution in [0.25, 0.3) is 11.1 Å². The second kappa shape index (κ2) is 5.33. The van der Waals surface area contributed by atoms with E-state index in [1.165, 1.54) is 5.56 Å². The first kappa shape index (κ1) is 14.1. The molecule has 0 saturated carbocycles. The van der Waals surface area contributed by atoms with E-state index in [0.717, 1.165) is 16.7 Å². The molecule has 0 bridgehead atoms. The monoisotopic (exact) mass is 268 g/mol. The molecule has 0 fully saturated rings. The molecule has 1 heterocycles. The van der Waals surface area contributed by atoms with Crippen molar-refractivity contribution in [2.75, 3.05) is 0 Å². The summed E-state index contributed by atoms with van der Waals surface area (Å²) in [4.78, 5) is 4.08. The number of rotatable bonds is 2. The zero-order valence-corrected chi connectivity index (χ0v) is 12.1. The second-order valence-electron chi connectivity index (χ2n) is 5.76. The number of aromatic nitrogens is 1. The lowest BCUT2D eigenvalue weighted by molar-refractivity contribution is 0.590. The van der Waals surface area contributed by atoms with Crippen LogP contribution in [0.3, 0.4) is 0 Å². The van der Waals surface area contributed by atoms with Crippen molar-refractivity contribution in [2.45, 2.75) is 26.2 Å². The Labute approximate surface area is 119 Å². The molecule has 0 aliphatic carbocycles. The SMILES string of the molecule is CC(C)(C)c1ccc(-c2ccncc2/C(N)=N/N)cc1. The van der Waals surface area contributed by atoms with Crippen LogP contribution in [0.15, 0.2) is 47.8 Å². The molecule has 0 spiro atoms. The van der Waals surface area contributed by atoms with Crippen molar-refractivity contribution in [3.05, 3.63) is 53.9 Å². The predicted molar refractivity (Wildman–Crippen MR) is 83.3 cm³/mol. The molecule has 0 unspecified atom stereocenters. The molecule has 0 amide bonds. The molecular weight excluding hydrogens is 248 g/mol. The number of hydrogen-bond donors (Lipinski definition) is 2. The molecular formula is C16H20N4. The van der Waals surface area contributed by atoms with Gasteiger partial charge in [-0.3, -0.25) is 4.98 Å². The van der Waals surface area contributed by atoms with Gasteiger partial charge in [-0.05, 0) is 28.2 Å². The van der Waals surface area contributed by atoms with Gasteiger partial charge in [0.2, 0.25) is 0 Å². The summed E-state index contributed by atoms with van der Waals surface area (Å²) < 4.78 is 0. The predicted octanol–water partition coefficient (Wildman–Crippen LogP) is 2.63. The van der Waals surface area contributed by atoms with E-state index in [9.17, 15) is 0 Å². The lowest BCUT2D eigenvalue weighted by Crippen LogP contribution is -2.17. The Hall–Kier alpha value is -2.36. The second-order valence-corrected chi connectivity index (χ2v) is 5.76. The first-order chi connectivity index (χ1) is 9.43. The zero-order valence-electron chi connectivity index (χ0n) is 12.1. The van der Waals surface area contributed by atoms with Gasteiger partial charge in [-0.1, -0.05) is 45.0 Å². The van der Waals surface area contributed by atoms with E-state index < -0.39 is 0 Å². The smallest absolute Gasteiger partial charge is 0.152 e. The maximum atomic E-state index is 5.82. The Morgan fingerprint density at radius 2 is 1.75 bits per heavy atom. The van der Waals surface area contributed by atoms with Crippen molar-refractivity contribution < 1.29 is 0 Å². The Morgan fingerprint density at radius 1 is 1.10 bits per heavy atom. The van der Waals surface area contributed by atoms with Crippen LogP contribution >= 0.6 is 0 Å². The molecule has 1 aromatic heterocycles. The third-order valence-corrected chi connectivity index (χ3v) is 3.30. The van der Waals surface area contributed by atoms with E-state index in [1.807, 2.05) is 6.07 Å². The highest BCUT2D eigenvalue weighted by atomic mass is 15.2. The number of hydrogen-bond acceptors (Lipinski definition) is 3. The number of pyridine rings is 1. The normalized spacial score (nSPS) is 12.4. The summed E-state index contributed by atoms with van der Waals surface area (Å²) in [5.74, 6) is 5.55. The van der Waals surface area contributed by atoms with Gasteiger partial charge >= 0.3 is 0 Å². The third-order valence-electron chi connectivity index (χ3n) is 3.30. The average molecular weight is 268 g/mol. The number of amidine groups is 1. The van der Waals surface area contributed by atoms with Gasteiger partial charge in [0.05, 0.1) is 0 Å². The number of benzene rings is 1. The van der Waals surface area contributed by atoms with E-state index >= 15 is 0 Å². The standard InChI is InChI=1S/C16H20N4/c1-16(2,3)12-6-4-11(5-7-12)13-8-9-19-10-14(13)15(17)20-18/h4-10H,18H2,1-3H3,(H2,17,20). The van der Waals surface area contributed by atoms with Crippen LogP contribution in [-0.4, -0.2) is 10.8 Å². The summed E-state index contributed by atoms with van der Waals surface area (Å²) in [7, 11) is 0. The Bertz CT molecular complexity index is 622. The molecule has 0 atom stereocenters. The van der Waals surface area contributed by atoms with Gasteiger partial charge in [0.25, 0.3) is 0 Å². The van der Waals surface area contributed by atoms with Crippen LogP contribution in [0.1, 0.15) is 31.9 Å². The molecule has 4 nitrogen and oxygen atoms in total. The molecule has 0 aliphatic rings. The summed E-state index contributed by atoms with van der Waals surface area (Å²) in [5.41, 5.74) is 10.0. The van der Waals surface area contributed by atoms with Crippen LogP contribution in [-0.2, 0) is 5.41 Å². The topological polar surface area (TPSA) is 77.3 Å². The first-order valence-electron chi connectivity index (χ1n) is 6.52. The van der Waals surface area contributed by atoms with Crippen molar-refractivity contribution in [3.8, 4) is 11.1 Å². The highest BCUT2D eigenvalue weighted by Crippen LogP contribution is 2.27. The molecule has 4 N–H and O–H groups in total. The van der Waals surface area contributed by atoms with E-state index in [0.29, 0.717) is 0 Å². The van der Waals surface area contributed by atoms with Gasteiger partial charge in [0.15, 0.2) is 5.84 Å². The van der Waals surface area contributed by atoms with E-state index in [1.54, 1.807) is 12.4 Å². The summed E-state index contributed by atoms with van der Waals surface area (Å²) in [6.07, 6.45) is 3.42. The van der Waals surface area contributed by atoms with Gasteiger partial charge in [-0.15, -0.1) is 0 Å².